The van der Waals surface area contributed by atoms with Gasteiger partial charge in [0.25, 0.3) is 0 Å². The van der Waals surface area contributed by atoms with Crippen LogP contribution in [0.2, 0.25) is 0 Å². The summed E-state index contributed by atoms with van der Waals surface area (Å²) in [5, 5.41) is 20.8. The third-order valence-corrected chi connectivity index (χ3v) is 8.47. The first-order valence-electron chi connectivity index (χ1n) is 10.1. The zero-order valence-electron chi connectivity index (χ0n) is 16.3. The highest BCUT2D eigenvalue weighted by atomic mass is 19.1. The van der Waals surface area contributed by atoms with E-state index >= 15 is 4.39 Å². The fourth-order valence-corrected chi connectivity index (χ4v) is 6.92. The molecule has 0 aliphatic heterocycles. The van der Waals surface area contributed by atoms with Crippen molar-refractivity contribution < 1.29 is 24.2 Å². The quantitative estimate of drug-likeness (QED) is 0.727. The summed E-state index contributed by atoms with van der Waals surface area (Å²) < 4.78 is 15.2. The zero-order valence-corrected chi connectivity index (χ0v) is 16.3. The van der Waals surface area contributed by atoms with Crippen molar-refractivity contribution in [1.29, 1.82) is 0 Å². The van der Waals surface area contributed by atoms with Crippen LogP contribution in [0.1, 0.15) is 52.9 Å². The van der Waals surface area contributed by atoms with E-state index in [1.807, 2.05) is 20.8 Å². The van der Waals surface area contributed by atoms with E-state index in [0.717, 1.165) is 0 Å². The second-order valence-corrected chi connectivity index (χ2v) is 9.58. The lowest BCUT2D eigenvalue weighted by Crippen LogP contribution is -2.58. The molecule has 2 saturated carbocycles. The first-order valence-corrected chi connectivity index (χ1v) is 10.1. The van der Waals surface area contributed by atoms with E-state index in [2.05, 4.69) is 6.08 Å². The van der Waals surface area contributed by atoms with Gasteiger partial charge in [0, 0.05) is 17.3 Å². The fourth-order valence-electron chi connectivity index (χ4n) is 6.92. The molecule has 4 aliphatic rings. The number of aliphatic hydroxyl groups excluding tert-OH is 1. The van der Waals surface area contributed by atoms with Gasteiger partial charge in [-0.15, -0.1) is 0 Å². The van der Waals surface area contributed by atoms with Gasteiger partial charge in [0.1, 0.15) is 18.4 Å². The Kier molecular flexibility index (Phi) is 4.11. The monoisotopic (exact) mass is 376 g/mol. The minimum Gasteiger partial charge on any atom is -0.388 e. The van der Waals surface area contributed by atoms with Crippen molar-refractivity contribution in [2.24, 2.45) is 28.6 Å². The summed E-state index contributed by atoms with van der Waals surface area (Å²) >= 11 is 0. The van der Waals surface area contributed by atoms with Gasteiger partial charge in [0.05, 0.1) is 0 Å². The SMILES string of the molecule is CC1C[C@H]2[C@@H]3C[C@H](F)C4=CC(=O)CC[C@]4(C)C3=CC[C@]2(C)[C@@]1(O)C(=O)CO. The van der Waals surface area contributed by atoms with Crippen molar-refractivity contribution in [2.45, 2.75) is 64.6 Å². The first-order chi connectivity index (χ1) is 12.6. The largest absolute Gasteiger partial charge is 0.388 e. The van der Waals surface area contributed by atoms with Crippen LogP contribution in [0.4, 0.5) is 4.39 Å². The molecule has 2 fully saturated rings. The van der Waals surface area contributed by atoms with Gasteiger partial charge >= 0.3 is 0 Å². The van der Waals surface area contributed by atoms with Crippen LogP contribution in [0, 0.1) is 28.6 Å². The number of alkyl halides is 1. The maximum atomic E-state index is 15.2. The molecule has 0 amide bonds. The average Bonchev–Trinajstić information content (AvgIpc) is 2.84. The topological polar surface area (TPSA) is 74.6 Å². The summed E-state index contributed by atoms with van der Waals surface area (Å²) in [4.78, 5) is 24.4. The van der Waals surface area contributed by atoms with Gasteiger partial charge in [-0.2, -0.15) is 0 Å². The minimum atomic E-state index is -1.58. The molecule has 4 nitrogen and oxygen atoms in total. The lowest BCUT2D eigenvalue weighted by Gasteiger charge is -2.55. The number of allylic oxidation sites excluding steroid dienone is 4. The molecule has 148 valence electrons. The molecule has 0 heterocycles. The van der Waals surface area contributed by atoms with Crippen molar-refractivity contribution >= 4 is 11.6 Å². The number of halogens is 1. The normalized spacial score (nSPS) is 48.9. The third kappa shape index (κ3) is 2.21. The van der Waals surface area contributed by atoms with Crippen molar-refractivity contribution in [1.82, 2.24) is 0 Å². The fraction of sp³-hybridized carbons (Fsp3) is 0.727. The highest BCUT2D eigenvalue weighted by Crippen LogP contribution is 2.67. The van der Waals surface area contributed by atoms with E-state index in [4.69, 9.17) is 0 Å². The van der Waals surface area contributed by atoms with Crippen molar-refractivity contribution in [3.8, 4) is 0 Å². The summed E-state index contributed by atoms with van der Waals surface area (Å²) in [5.74, 6) is -0.864. The Bertz CT molecular complexity index is 770. The van der Waals surface area contributed by atoms with Crippen LogP contribution in [0.15, 0.2) is 23.3 Å². The van der Waals surface area contributed by atoms with Crippen LogP contribution in [0.3, 0.4) is 0 Å². The van der Waals surface area contributed by atoms with Gasteiger partial charge in [0.2, 0.25) is 0 Å². The minimum absolute atomic E-state index is 0.00206. The van der Waals surface area contributed by atoms with Gasteiger partial charge in [-0.3, -0.25) is 9.59 Å². The lowest BCUT2D eigenvalue weighted by atomic mass is 9.50. The molecule has 1 unspecified atom stereocenters. The Morgan fingerprint density at radius 1 is 1.30 bits per heavy atom. The van der Waals surface area contributed by atoms with Crippen LogP contribution in [0.5, 0.6) is 0 Å². The third-order valence-electron chi connectivity index (χ3n) is 8.47. The summed E-state index contributed by atoms with van der Waals surface area (Å²) in [5.41, 5.74) is -0.937. The van der Waals surface area contributed by atoms with Crippen LogP contribution in [0.25, 0.3) is 0 Å². The Morgan fingerprint density at radius 2 is 2.00 bits per heavy atom. The molecule has 4 aliphatic carbocycles. The van der Waals surface area contributed by atoms with Gasteiger partial charge in [-0.1, -0.05) is 32.4 Å². The van der Waals surface area contributed by atoms with Gasteiger partial charge in [0.15, 0.2) is 11.6 Å². The highest BCUT2D eigenvalue weighted by molar-refractivity contribution is 5.92. The molecule has 0 radical (unpaired) electrons. The van der Waals surface area contributed by atoms with Crippen LogP contribution in [-0.2, 0) is 9.59 Å². The number of carbonyl (C=O) groups is 2. The van der Waals surface area contributed by atoms with Gasteiger partial charge in [-0.05, 0) is 55.1 Å². The Balaban J connectivity index is 1.81. The summed E-state index contributed by atoms with van der Waals surface area (Å²) in [6, 6.07) is 0. The molecule has 0 aromatic carbocycles. The van der Waals surface area contributed by atoms with Crippen LogP contribution < -0.4 is 0 Å². The van der Waals surface area contributed by atoms with E-state index in [0.29, 0.717) is 37.7 Å². The van der Waals surface area contributed by atoms with Gasteiger partial charge < -0.3 is 10.2 Å². The Morgan fingerprint density at radius 3 is 2.67 bits per heavy atom. The predicted molar refractivity (Wildman–Crippen MR) is 98.6 cm³/mol. The smallest absolute Gasteiger partial charge is 0.190 e. The number of fused-ring (bicyclic) bond motifs is 5. The number of Topliss-reactive ketones (excluding diaryl/α,β-unsaturated/α-hetero) is 1. The molecule has 0 aromatic heterocycles. The summed E-state index contributed by atoms with van der Waals surface area (Å²) in [7, 11) is 0. The second kappa shape index (κ2) is 5.84. The molecule has 7 atom stereocenters. The van der Waals surface area contributed by atoms with Crippen LogP contribution in [-0.4, -0.2) is 40.2 Å². The van der Waals surface area contributed by atoms with Crippen molar-refractivity contribution in [3.05, 3.63) is 23.3 Å². The molecule has 4 rings (SSSR count). The van der Waals surface area contributed by atoms with Crippen molar-refractivity contribution in [3.63, 3.8) is 0 Å². The van der Waals surface area contributed by atoms with Crippen molar-refractivity contribution in [2.75, 3.05) is 6.61 Å². The number of aliphatic hydroxyl groups is 2. The molecule has 2 N–H and O–H groups in total. The molecule has 0 spiro atoms. The van der Waals surface area contributed by atoms with E-state index in [9.17, 15) is 19.8 Å². The predicted octanol–water partition coefficient (Wildman–Crippen LogP) is 2.92. The zero-order chi connectivity index (χ0) is 19.8. The summed E-state index contributed by atoms with van der Waals surface area (Å²) in [6.07, 6.45) is 4.98. The van der Waals surface area contributed by atoms with Crippen LogP contribution >= 0.6 is 0 Å². The van der Waals surface area contributed by atoms with E-state index in [-0.39, 0.29) is 23.5 Å². The Labute approximate surface area is 159 Å². The maximum Gasteiger partial charge on any atom is 0.190 e. The molecule has 0 saturated heterocycles. The number of hydrogen-bond acceptors (Lipinski definition) is 4. The van der Waals surface area contributed by atoms with E-state index < -0.39 is 35.0 Å². The first kappa shape index (κ1) is 19.0. The number of rotatable bonds is 2. The molecule has 27 heavy (non-hydrogen) atoms. The van der Waals surface area contributed by atoms with Gasteiger partial charge in [-0.25, -0.2) is 4.39 Å². The number of ketones is 2. The van der Waals surface area contributed by atoms with E-state index in [1.54, 1.807) is 0 Å². The standard InChI is InChI=1S/C22H29FO4/c1-12-8-16-14-10-18(23)17-9-13(25)4-6-20(17,2)15(14)5-7-21(16,3)22(12,27)19(26)11-24/h5,9,12,14,16,18,24,27H,4,6-8,10-11H2,1-3H3/t12?,14-,16+,18+,20-,21+,22+/m1/s1. The lowest BCUT2D eigenvalue weighted by molar-refractivity contribution is -0.161. The Hall–Kier alpha value is -1.33. The second-order valence-electron chi connectivity index (χ2n) is 9.58. The molecular weight excluding hydrogens is 347 g/mol. The highest BCUT2D eigenvalue weighted by Gasteiger charge is 2.67. The molecule has 5 heteroatoms. The molecular formula is C22H29FO4. The maximum absolute atomic E-state index is 15.2. The molecule has 0 aromatic rings. The average molecular weight is 376 g/mol. The molecule has 0 bridgehead atoms. The summed E-state index contributed by atoms with van der Waals surface area (Å²) in [6.45, 7) is 5.15. The van der Waals surface area contributed by atoms with E-state index in [1.165, 1.54) is 11.6 Å². The number of hydrogen-bond donors (Lipinski definition) is 2. The number of carbonyl (C=O) groups excluding carboxylic acids is 2.